The Kier molecular flexibility index (Phi) is 3.57. The summed E-state index contributed by atoms with van der Waals surface area (Å²) in [4.78, 5) is 9.05. The quantitative estimate of drug-likeness (QED) is 0.852. The Hall–Kier alpha value is -1.33. The van der Waals surface area contributed by atoms with Crippen LogP contribution in [0.4, 0.5) is 10.8 Å². The van der Waals surface area contributed by atoms with Crippen molar-refractivity contribution in [1.29, 1.82) is 0 Å². The number of benzene rings is 1. The van der Waals surface area contributed by atoms with Crippen molar-refractivity contribution in [3.63, 3.8) is 0 Å². The lowest BCUT2D eigenvalue weighted by Crippen LogP contribution is -2.46. The van der Waals surface area contributed by atoms with Gasteiger partial charge in [0.1, 0.15) is 5.82 Å². The van der Waals surface area contributed by atoms with Gasteiger partial charge in [0.15, 0.2) is 0 Å². The SMILES string of the molecule is Cc1nsc(N2CCN(c3ccccc3Cl)CC2)n1. The highest BCUT2D eigenvalue weighted by molar-refractivity contribution is 7.09. The lowest BCUT2D eigenvalue weighted by molar-refractivity contribution is 0.652. The summed E-state index contributed by atoms with van der Waals surface area (Å²) in [6, 6.07) is 8.01. The van der Waals surface area contributed by atoms with E-state index >= 15 is 0 Å². The van der Waals surface area contributed by atoms with Gasteiger partial charge >= 0.3 is 0 Å². The summed E-state index contributed by atoms with van der Waals surface area (Å²) < 4.78 is 4.24. The van der Waals surface area contributed by atoms with Crippen LogP contribution in [0.5, 0.6) is 0 Å². The van der Waals surface area contributed by atoms with E-state index in [-0.39, 0.29) is 0 Å². The molecule has 6 heteroatoms. The van der Waals surface area contributed by atoms with Crippen LogP contribution in [-0.4, -0.2) is 35.5 Å². The lowest BCUT2D eigenvalue weighted by Gasteiger charge is -2.36. The molecule has 0 unspecified atom stereocenters. The molecule has 2 aromatic rings. The highest BCUT2D eigenvalue weighted by Gasteiger charge is 2.20. The average molecular weight is 295 g/mol. The minimum absolute atomic E-state index is 0.822. The molecule has 0 saturated carbocycles. The molecule has 0 spiro atoms. The number of nitrogens with zero attached hydrogens (tertiary/aromatic N) is 4. The van der Waals surface area contributed by atoms with Gasteiger partial charge in [-0.2, -0.15) is 4.37 Å². The number of aromatic nitrogens is 2. The first-order valence-electron chi connectivity index (χ1n) is 6.29. The van der Waals surface area contributed by atoms with E-state index < -0.39 is 0 Å². The number of para-hydroxylation sites is 1. The van der Waals surface area contributed by atoms with Gasteiger partial charge in [-0.25, -0.2) is 4.98 Å². The predicted molar refractivity (Wildman–Crippen MR) is 80.5 cm³/mol. The Morgan fingerprint density at radius 2 is 1.79 bits per heavy atom. The van der Waals surface area contributed by atoms with Crippen molar-refractivity contribution in [2.24, 2.45) is 0 Å². The second kappa shape index (κ2) is 5.35. The summed E-state index contributed by atoms with van der Waals surface area (Å²) in [6.45, 7) is 5.77. The van der Waals surface area contributed by atoms with Crippen LogP contribution >= 0.6 is 23.1 Å². The van der Waals surface area contributed by atoms with Crippen LogP contribution in [0.2, 0.25) is 5.02 Å². The van der Waals surface area contributed by atoms with Crippen molar-refractivity contribution in [3.8, 4) is 0 Å². The number of halogens is 1. The third-order valence-electron chi connectivity index (χ3n) is 3.26. The van der Waals surface area contributed by atoms with Crippen LogP contribution in [0.15, 0.2) is 24.3 Å². The predicted octanol–water partition coefficient (Wildman–Crippen LogP) is 2.83. The van der Waals surface area contributed by atoms with Crippen molar-refractivity contribution in [2.45, 2.75) is 6.92 Å². The van der Waals surface area contributed by atoms with Crippen LogP contribution in [-0.2, 0) is 0 Å². The van der Waals surface area contributed by atoms with Crippen molar-refractivity contribution in [1.82, 2.24) is 9.36 Å². The third kappa shape index (κ3) is 2.67. The van der Waals surface area contributed by atoms with Gasteiger partial charge in [-0.15, -0.1) is 0 Å². The largest absolute Gasteiger partial charge is 0.367 e. The minimum Gasteiger partial charge on any atom is -0.367 e. The summed E-state index contributed by atoms with van der Waals surface area (Å²) in [5, 5.41) is 1.85. The number of rotatable bonds is 2. The molecule has 0 N–H and O–H groups in total. The second-order valence-corrected chi connectivity index (χ2v) is 5.69. The van der Waals surface area contributed by atoms with E-state index in [2.05, 4.69) is 25.2 Å². The molecule has 0 bridgehead atoms. The number of piperazine rings is 1. The van der Waals surface area contributed by atoms with Gasteiger partial charge in [-0.05, 0) is 19.1 Å². The summed E-state index contributed by atoms with van der Waals surface area (Å²) in [5.74, 6) is 0.855. The molecule has 1 aromatic carbocycles. The van der Waals surface area contributed by atoms with Gasteiger partial charge in [0, 0.05) is 37.7 Å². The zero-order valence-corrected chi connectivity index (χ0v) is 12.3. The fourth-order valence-electron chi connectivity index (χ4n) is 2.26. The fourth-order valence-corrected chi connectivity index (χ4v) is 3.24. The Bertz CT molecular complexity index is 563. The van der Waals surface area contributed by atoms with Gasteiger partial charge in [0.05, 0.1) is 10.7 Å². The maximum atomic E-state index is 6.24. The molecule has 0 aliphatic carbocycles. The molecule has 3 rings (SSSR count). The molecular weight excluding hydrogens is 280 g/mol. The second-order valence-electron chi connectivity index (χ2n) is 4.55. The molecule has 1 fully saturated rings. The summed E-state index contributed by atoms with van der Waals surface area (Å²) in [7, 11) is 0. The standard InChI is InChI=1S/C13H15ClN4S/c1-10-15-13(19-16-10)18-8-6-17(7-9-18)12-5-3-2-4-11(12)14/h2-5H,6-9H2,1H3. The van der Waals surface area contributed by atoms with E-state index in [1.807, 2.05) is 25.1 Å². The van der Waals surface area contributed by atoms with Gasteiger partial charge in [0.25, 0.3) is 0 Å². The first kappa shape index (κ1) is 12.7. The van der Waals surface area contributed by atoms with Crippen LogP contribution < -0.4 is 9.80 Å². The lowest BCUT2D eigenvalue weighted by atomic mass is 10.2. The minimum atomic E-state index is 0.822. The van der Waals surface area contributed by atoms with Gasteiger partial charge < -0.3 is 9.80 Å². The zero-order valence-electron chi connectivity index (χ0n) is 10.7. The van der Waals surface area contributed by atoms with Crippen molar-refractivity contribution in [3.05, 3.63) is 35.1 Å². The maximum absolute atomic E-state index is 6.24. The smallest absolute Gasteiger partial charge is 0.205 e. The van der Waals surface area contributed by atoms with E-state index in [1.165, 1.54) is 11.5 Å². The molecule has 1 saturated heterocycles. The Balaban J connectivity index is 1.68. The topological polar surface area (TPSA) is 32.3 Å². The molecule has 4 nitrogen and oxygen atoms in total. The summed E-state index contributed by atoms with van der Waals surface area (Å²) in [5.41, 5.74) is 1.12. The molecule has 0 radical (unpaired) electrons. The molecule has 100 valence electrons. The number of anilines is 2. The van der Waals surface area contributed by atoms with Crippen molar-refractivity contribution < 1.29 is 0 Å². The Morgan fingerprint density at radius 3 is 2.42 bits per heavy atom. The normalized spacial score (nSPS) is 15.9. The van der Waals surface area contributed by atoms with Gasteiger partial charge in [-0.3, -0.25) is 0 Å². The van der Waals surface area contributed by atoms with Crippen molar-refractivity contribution >= 4 is 34.0 Å². The first-order chi connectivity index (χ1) is 9.24. The molecule has 1 aromatic heterocycles. The van der Waals surface area contributed by atoms with E-state index in [4.69, 9.17) is 11.6 Å². The summed E-state index contributed by atoms with van der Waals surface area (Å²) in [6.07, 6.45) is 0. The van der Waals surface area contributed by atoms with Gasteiger partial charge in [-0.1, -0.05) is 23.7 Å². The van der Waals surface area contributed by atoms with E-state index in [0.717, 1.165) is 47.8 Å². The molecule has 0 atom stereocenters. The molecule has 1 aliphatic rings. The zero-order chi connectivity index (χ0) is 13.2. The molecule has 2 heterocycles. The fraction of sp³-hybridized carbons (Fsp3) is 0.385. The Morgan fingerprint density at radius 1 is 1.11 bits per heavy atom. The first-order valence-corrected chi connectivity index (χ1v) is 7.44. The van der Waals surface area contributed by atoms with Crippen LogP contribution in [0.1, 0.15) is 5.82 Å². The van der Waals surface area contributed by atoms with Crippen LogP contribution in [0.3, 0.4) is 0 Å². The van der Waals surface area contributed by atoms with Crippen molar-refractivity contribution in [2.75, 3.05) is 36.0 Å². The third-order valence-corrected chi connectivity index (χ3v) is 4.45. The number of aryl methyl sites for hydroxylation is 1. The average Bonchev–Trinajstić information content (AvgIpc) is 2.86. The van der Waals surface area contributed by atoms with E-state index in [0.29, 0.717) is 0 Å². The monoisotopic (exact) mass is 294 g/mol. The Labute approximate surface area is 121 Å². The molecule has 19 heavy (non-hydrogen) atoms. The number of hydrogen-bond donors (Lipinski definition) is 0. The molecule has 0 amide bonds. The highest BCUT2D eigenvalue weighted by Crippen LogP contribution is 2.27. The van der Waals surface area contributed by atoms with Crippen LogP contribution in [0, 0.1) is 6.92 Å². The molecule has 1 aliphatic heterocycles. The highest BCUT2D eigenvalue weighted by atomic mass is 35.5. The summed E-state index contributed by atoms with van der Waals surface area (Å²) >= 11 is 7.72. The van der Waals surface area contributed by atoms with E-state index in [1.54, 1.807) is 0 Å². The maximum Gasteiger partial charge on any atom is 0.205 e. The van der Waals surface area contributed by atoms with Gasteiger partial charge in [0.2, 0.25) is 5.13 Å². The van der Waals surface area contributed by atoms with E-state index in [9.17, 15) is 0 Å². The number of hydrogen-bond acceptors (Lipinski definition) is 5. The van der Waals surface area contributed by atoms with Crippen LogP contribution in [0.25, 0.3) is 0 Å². The molecular formula is C13H15ClN4S.